The van der Waals surface area contributed by atoms with Gasteiger partial charge >= 0.3 is 5.97 Å². The molecule has 0 radical (unpaired) electrons. The summed E-state index contributed by atoms with van der Waals surface area (Å²) in [4.78, 5) is 26.7. The van der Waals surface area contributed by atoms with Crippen LogP contribution in [0.15, 0.2) is 71.9 Å². The number of carbonyl (C=O) groups excluding carboxylic acids is 1. The van der Waals surface area contributed by atoms with Crippen molar-refractivity contribution in [2.45, 2.75) is 0 Å². The van der Waals surface area contributed by atoms with Crippen molar-refractivity contribution in [3.8, 4) is 5.75 Å². The minimum atomic E-state index is -0.729. The lowest BCUT2D eigenvalue weighted by Crippen LogP contribution is -2.18. The van der Waals surface area contributed by atoms with Gasteiger partial charge in [-0.2, -0.15) is 0 Å². The molecular weight excluding hydrogens is 350 g/mol. The number of nitrogens with zero attached hydrogens (tertiary/aromatic N) is 2. The molecule has 0 fully saturated rings. The first-order valence-electron chi connectivity index (χ1n) is 7.93. The standard InChI is InChI=1S/C19H15N3O5/c20-19(14-8-10-15(11-9-14)22(24)25)21-27-18(23)12-26-17-7-3-5-13-4-1-2-6-16(13)17/h1-11H,12H2,(H2,20,21). The van der Waals surface area contributed by atoms with Crippen molar-refractivity contribution in [1.29, 1.82) is 0 Å². The number of carbonyl (C=O) groups is 1. The van der Waals surface area contributed by atoms with E-state index in [-0.39, 0.29) is 18.1 Å². The molecule has 0 aromatic heterocycles. The summed E-state index contributed by atoms with van der Waals surface area (Å²) in [5, 5.41) is 16.0. The first-order chi connectivity index (χ1) is 13.0. The maximum Gasteiger partial charge on any atom is 0.372 e. The molecule has 8 heteroatoms. The van der Waals surface area contributed by atoms with E-state index < -0.39 is 10.9 Å². The number of hydrogen-bond donors (Lipinski definition) is 1. The second-order valence-corrected chi connectivity index (χ2v) is 5.51. The molecule has 0 unspecified atom stereocenters. The summed E-state index contributed by atoms with van der Waals surface area (Å²) in [6.45, 7) is -0.342. The number of benzene rings is 3. The highest BCUT2D eigenvalue weighted by atomic mass is 16.7. The van der Waals surface area contributed by atoms with Gasteiger partial charge in [0.15, 0.2) is 12.4 Å². The zero-order valence-electron chi connectivity index (χ0n) is 14.1. The van der Waals surface area contributed by atoms with Crippen LogP contribution in [-0.4, -0.2) is 23.3 Å². The van der Waals surface area contributed by atoms with E-state index in [0.29, 0.717) is 11.3 Å². The van der Waals surface area contributed by atoms with E-state index in [1.54, 1.807) is 6.07 Å². The third-order valence-corrected chi connectivity index (χ3v) is 3.71. The summed E-state index contributed by atoms with van der Waals surface area (Å²) in [5.41, 5.74) is 6.03. The van der Waals surface area contributed by atoms with Gasteiger partial charge in [-0.1, -0.05) is 41.6 Å². The molecule has 3 aromatic rings. The number of hydrogen-bond acceptors (Lipinski definition) is 6. The third kappa shape index (κ3) is 4.37. The van der Waals surface area contributed by atoms with Gasteiger partial charge in [-0.05, 0) is 23.6 Å². The van der Waals surface area contributed by atoms with Crippen LogP contribution in [0.25, 0.3) is 10.8 Å². The van der Waals surface area contributed by atoms with Crippen LogP contribution in [0.4, 0.5) is 5.69 Å². The number of nitrogens with two attached hydrogens (primary N) is 1. The van der Waals surface area contributed by atoms with Crippen molar-refractivity contribution < 1.29 is 19.3 Å². The number of oxime groups is 1. The molecule has 0 spiro atoms. The van der Waals surface area contributed by atoms with Crippen molar-refractivity contribution in [1.82, 2.24) is 0 Å². The van der Waals surface area contributed by atoms with Gasteiger partial charge in [-0.3, -0.25) is 10.1 Å². The lowest BCUT2D eigenvalue weighted by Gasteiger charge is -2.07. The molecule has 27 heavy (non-hydrogen) atoms. The fraction of sp³-hybridized carbons (Fsp3) is 0.0526. The quantitative estimate of drug-likeness (QED) is 0.236. The van der Waals surface area contributed by atoms with Gasteiger partial charge in [0, 0.05) is 23.1 Å². The Morgan fingerprint density at radius 2 is 1.74 bits per heavy atom. The summed E-state index contributed by atoms with van der Waals surface area (Å²) < 4.78 is 5.50. The number of ether oxygens (including phenoxy) is 1. The molecule has 0 aliphatic carbocycles. The van der Waals surface area contributed by atoms with Gasteiger partial charge in [-0.25, -0.2) is 4.79 Å². The summed E-state index contributed by atoms with van der Waals surface area (Å²) >= 11 is 0. The Hall–Kier alpha value is -3.94. The fourth-order valence-corrected chi connectivity index (χ4v) is 2.39. The third-order valence-electron chi connectivity index (χ3n) is 3.71. The monoisotopic (exact) mass is 365 g/mol. The van der Waals surface area contributed by atoms with Crippen molar-refractivity contribution in [3.63, 3.8) is 0 Å². The number of fused-ring (bicyclic) bond motifs is 1. The van der Waals surface area contributed by atoms with Crippen molar-refractivity contribution in [3.05, 3.63) is 82.4 Å². The molecule has 0 amide bonds. The molecule has 0 aliphatic heterocycles. The van der Waals surface area contributed by atoms with E-state index in [0.717, 1.165) is 10.8 Å². The second-order valence-electron chi connectivity index (χ2n) is 5.51. The molecule has 0 aliphatic rings. The molecule has 0 saturated heterocycles. The predicted octanol–water partition coefficient (Wildman–Crippen LogP) is 2.99. The van der Waals surface area contributed by atoms with E-state index in [1.807, 2.05) is 36.4 Å². The van der Waals surface area contributed by atoms with Gasteiger partial charge in [0.05, 0.1) is 4.92 Å². The molecule has 3 aromatic carbocycles. The zero-order valence-corrected chi connectivity index (χ0v) is 14.1. The highest BCUT2D eigenvalue weighted by Gasteiger charge is 2.09. The second kappa shape index (κ2) is 7.96. The zero-order chi connectivity index (χ0) is 19.2. The van der Waals surface area contributed by atoms with E-state index in [4.69, 9.17) is 15.3 Å². The Kier molecular flexibility index (Phi) is 5.27. The fourth-order valence-electron chi connectivity index (χ4n) is 2.39. The molecule has 0 saturated carbocycles. The highest BCUT2D eigenvalue weighted by Crippen LogP contribution is 2.25. The van der Waals surface area contributed by atoms with E-state index in [1.165, 1.54) is 24.3 Å². The van der Waals surface area contributed by atoms with Crippen LogP contribution in [0.2, 0.25) is 0 Å². The number of non-ortho nitro benzene ring substituents is 1. The van der Waals surface area contributed by atoms with E-state index in [2.05, 4.69) is 5.16 Å². The smallest absolute Gasteiger partial charge is 0.372 e. The molecular formula is C19H15N3O5. The molecule has 136 valence electrons. The van der Waals surface area contributed by atoms with Crippen molar-refractivity contribution >= 4 is 28.3 Å². The Morgan fingerprint density at radius 1 is 1.04 bits per heavy atom. The van der Waals surface area contributed by atoms with Crippen LogP contribution in [0.3, 0.4) is 0 Å². The Morgan fingerprint density at radius 3 is 2.48 bits per heavy atom. The molecule has 0 bridgehead atoms. The number of nitro benzene ring substituents is 1. The highest BCUT2D eigenvalue weighted by molar-refractivity contribution is 5.97. The van der Waals surface area contributed by atoms with E-state index in [9.17, 15) is 14.9 Å². The largest absolute Gasteiger partial charge is 0.481 e. The summed E-state index contributed by atoms with van der Waals surface area (Å²) in [7, 11) is 0. The van der Waals surface area contributed by atoms with Gasteiger partial charge in [0.25, 0.3) is 5.69 Å². The maximum absolute atomic E-state index is 11.8. The SMILES string of the molecule is NC(=NOC(=O)COc1cccc2ccccc12)c1ccc([N+](=O)[O-])cc1. The topological polar surface area (TPSA) is 117 Å². The number of amidine groups is 1. The summed E-state index contributed by atoms with van der Waals surface area (Å²) in [6.07, 6.45) is 0. The Bertz CT molecular complexity index is 1010. The first-order valence-corrected chi connectivity index (χ1v) is 7.93. The van der Waals surface area contributed by atoms with Crippen LogP contribution < -0.4 is 10.5 Å². The first kappa shape index (κ1) is 17.9. The van der Waals surface area contributed by atoms with Crippen LogP contribution in [0.1, 0.15) is 5.56 Å². The molecule has 2 N–H and O–H groups in total. The van der Waals surface area contributed by atoms with Gasteiger partial charge in [-0.15, -0.1) is 0 Å². The van der Waals surface area contributed by atoms with E-state index >= 15 is 0 Å². The lowest BCUT2D eigenvalue weighted by atomic mass is 10.1. The normalized spacial score (nSPS) is 11.2. The predicted molar refractivity (Wildman–Crippen MR) is 99.4 cm³/mol. The van der Waals surface area contributed by atoms with Gasteiger partial charge in [0.2, 0.25) is 0 Å². The minimum absolute atomic E-state index is 0.0768. The van der Waals surface area contributed by atoms with Crippen molar-refractivity contribution in [2.75, 3.05) is 6.61 Å². The summed E-state index contributed by atoms with van der Waals surface area (Å²) in [5.74, 6) is -0.256. The van der Waals surface area contributed by atoms with Crippen LogP contribution >= 0.6 is 0 Å². The van der Waals surface area contributed by atoms with Crippen molar-refractivity contribution in [2.24, 2.45) is 10.9 Å². The Labute approximate surface area is 153 Å². The molecule has 8 nitrogen and oxygen atoms in total. The lowest BCUT2D eigenvalue weighted by molar-refractivity contribution is -0.384. The number of nitro groups is 1. The maximum atomic E-state index is 11.8. The number of rotatable bonds is 6. The van der Waals surface area contributed by atoms with Gasteiger partial charge < -0.3 is 15.3 Å². The van der Waals surface area contributed by atoms with Crippen LogP contribution in [0, 0.1) is 10.1 Å². The average molecular weight is 365 g/mol. The van der Waals surface area contributed by atoms with Crippen LogP contribution in [0.5, 0.6) is 5.75 Å². The Balaban J connectivity index is 1.60. The molecule has 0 atom stereocenters. The summed E-state index contributed by atoms with van der Waals surface area (Å²) in [6, 6.07) is 18.5. The van der Waals surface area contributed by atoms with Gasteiger partial charge in [0.1, 0.15) is 5.75 Å². The van der Waals surface area contributed by atoms with Crippen LogP contribution in [-0.2, 0) is 9.63 Å². The average Bonchev–Trinajstić information content (AvgIpc) is 2.70. The molecule has 0 heterocycles. The molecule has 3 rings (SSSR count). The minimum Gasteiger partial charge on any atom is -0.481 e.